The summed E-state index contributed by atoms with van der Waals surface area (Å²) in [4.78, 5) is 13.9. The summed E-state index contributed by atoms with van der Waals surface area (Å²) in [6.07, 6.45) is 12.4. The van der Waals surface area contributed by atoms with E-state index in [1.54, 1.807) is 0 Å². The van der Waals surface area contributed by atoms with Gasteiger partial charge in [0.25, 0.3) is 0 Å². The molecule has 0 heterocycles. The Morgan fingerprint density at radius 1 is 0.846 bits per heavy atom. The monoisotopic (exact) mass is 363 g/mol. The molecule has 0 N–H and O–H groups in total. The maximum Gasteiger partial charge on any atom is 0.306 e. The van der Waals surface area contributed by atoms with Crippen LogP contribution in [0.4, 0.5) is 0 Å². The van der Waals surface area contributed by atoms with E-state index in [-0.39, 0.29) is 11.5 Å². The molecule has 0 saturated carbocycles. The average Bonchev–Trinajstić information content (AvgIpc) is 2.52. The number of allylic oxidation sites excluding steroid dienone is 6. The Morgan fingerprint density at radius 2 is 1.31 bits per heavy atom. The fourth-order valence-corrected chi connectivity index (χ4v) is 2.23. The molecule has 0 rings (SSSR count). The lowest BCUT2D eigenvalue weighted by molar-refractivity contribution is -0.146. The minimum atomic E-state index is -0.128. The van der Waals surface area contributed by atoms with Crippen molar-refractivity contribution >= 4 is 5.97 Å². The summed E-state index contributed by atoms with van der Waals surface area (Å²) < 4.78 is 5.39. The first-order valence-corrected chi connectivity index (χ1v) is 9.82. The molecule has 0 aliphatic rings. The van der Waals surface area contributed by atoms with Gasteiger partial charge in [-0.15, -0.1) is 0 Å². The van der Waals surface area contributed by atoms with Gasteiger partial charge in [-0.25, -0.2) is 0 Å². The fraction of sp³-hybridized carbons (Fsp3) is 0.696. The first-order chi connectivity index (χ1) is 12.0. The van der Waals surface area contributed by atoms with E-state index in [9.17, 15) is 4.79 Å². The van der Waals surface area contributed by atoms with Gasteiger partial charge in [0.15, 0.2) is 0 Å². The van der Waals surface area contributed by atoms with Crippen LogP contribution in [0.25, 0.3) is 0 Å². The smallest absolute Gasteiger partial charge is 0.306 e. The highest BCUT2D eigenvalue weighted by atomic mass is 16.5. The van der Waals surface area contributed by atoms with Crippen LogP contribution in [0.2, 0.25) is 0 Å². The first-order valence-electron chi connectivity index (χ1n) is 9.82. The van der Waals surface area contributed by atoms with E-state index < -0.39 is 0 Å². The van der Waals surface area contributed by atoms with Crippen LogP contribution in [-0.2, 0) is 9.53 Å². The maximum absolute atomic E-state index is 11.9. The van der Waals surface area contributed by atoms with Crippen molar-refractivity contribution in [1.82, 2.24) is 4.90 Å². The van der Waals surface area contributed by atoms with Crippen molar-refractivity contribution in [2.75, 3.05) is 20.7 Å². The lowest BCUT2D eigenvalue weighted by atomic mass is 10.1. The predicted molar refractivity (Wildman–Crippen MR) is 113 cm³/mol. The van der Waals surface area contributed by atoms with Crippen LogP contribution in [0.3, 0.4) is 0 Å². The molecular weight excluding hydrogens is 322 g/mol. The van der Waals surface area contributed by atoms with E-state index in [1.807, 2.05) is 14.1 Å². The molecule has 0 aromatic rings. The largest absolute Gasteiger partial charge is 0.464 e. The van der Waals surface area contributed by atoms with E-state index in [2.05, 4.69) is 64.7 Å². The van der Waals surface area contributed by atoms with Crippen LogP contribution in [0, 0.1) is 0 Å². The molecule has 150 valence electrons. The van der Waals surface area contributed by atoms with Gasteiger partial charge in [-0.2, -0.15) is 0 Å². The second kappa shape index (κ2) is 12.9. The molecule has 0 aromatic heterocycles. The molecule has 0 amide bonds. The van der Waals surface area contributed by atoms with Gasteiger partial charge in [0.2, 0.25) is 0 Å². The van der Waals surface area contributed by atoms with Crippen molar-refractivity contribution < 1.29 is 9.53 Å². The summed E-state index contributed by atoms with van der Waals surface area (Å²) in [6, 6.07) is 0. The van der Waals surface area contributed by atoms with Crippen LogP contribution in [0.5, 0.6) is 0 Å². The van der Waals surface area contributed by atoms with Gasteiger partial charge in [-0.1, -0.05) is 34.9 Å². The van der Waals surface area contributed by atoms with Gasteiger partial charge < -0.3 is 9.64 Å². The number of carbonyl (C=O) groups excluding carboxylic acids is 1. The van der Waals surface area contributed by atoms with Crippen LogP contribution < -0.4 is 0 Å². The van der Waals surface area contributed by atoms with Gasteiger partial charge in [0.1, 0.15) is 6.61 Å². The maximum atomic E-state index is 11.9. The molecule has 0 spiro atoms. The third kappa shape index (κ3) is 12.9. The van der Waals surface area contributed by atoms with Crippen LogP contribution in [-0.4, -0.2) is 37.1 Å². The molecule has 0 unspecified atom stereocenters. The van der Waals surface area contributed by atoms with Crippen LogP contribution in [0.1, 0.15) is 80.1 Å². The molecule has 0 aromatic carbocycles. The zero-order valence-electron chi connectivity index (χ0n) is 18.4. The molecular formula is C23H41NO2. The Balaban J connectivity index is 4.04. The zero-order valence-corrected chi connectivity index (χ0v) is 18.4. The van der Waals surface area contributed by atoms with Crippen LogP contribution >= 0.6 is 0 Å². The van der Waals surface area contributed by atoms with E-state index >= 15 is 0 Å². The Kier molecular flexibility index (Phi) is 12.2. The predicted octanol–water partition coefficient (Wildman–Crippen LogP) is 6.07. The summed E-state index contributed by atoms with van der Waals surface area (Å²) in [7, 11) is 4.00. The van der Waals surface area contributed by atoms with Gasteiger partial charge in [0, 0.05) is 12.0 Å². The Labute approximate surface area is 162 Å². The van der Waals surface area contributed by atoms with E-state index in [4.69, 9.17) is 4.74 Å². The molecule has 0 fully saturated rings. The van der Waals surface area contributed by atoms with Crippen molar-refractivity contribution in [2.45, 2.75) is 85.6 Å². The van der Waals surface area contributed by atoms with Gasteiger partial charge in [0.05, 0.1) is 0 Å². The van der Waals surface area contributed by atoms with Gasteiger partial charge >= 0.3 is 5.97 Å². The van der Waals surface area contributed by atoms with Crippen molar-refractivity contribution in [3.8, 4) is 0 Å². The molecule has 0 radical (unpaired) electrons. The Morgan fingerprint density at radius 3 is 1.77 bits per heavy atom. The topological polar surface area (TPSA) is 29.5 Å². The second-order valence-electron chi connectivity index (χ2n) is 8.37. The molecule has 0 saturated heterocycles. The first kappa shape index (κ1) is 24.7. The van der Waals surface area contributed by atoms with Crippen molar-refractivity contribution in [3.05, 3.63) is 34.9 Å². The van der Waals surface area contributed by atoms with E-state index in [0.29, 0.717) is 13.0 Å². The number of nitrogens with zero attached hydrogens (tertiary/aromatic N) is 1. The number of ether oxygens (including phenoxy) is 1. The number of carbonyl (C=O) groups is 1. The van der Waals surface area contributed by atoms with Crippen LogP contribution in [0.15, 0.2) is 34.9 Å². The highest BCUT2D eigenvalue weighted by Crippen LogP contribution is 2.13. The lowest BCUT2D eigenvalue weighted by Gasteiger charge is -2.31. The summed E-state index contributed by atoms with van der Waals surface area (Å²) in [5, 5.41) is 0. The SMILES string of the molecule is CC(C)=CCCC(C)=CCCC(C)=CCCC(=O)OCC(C)(C)N(C)C. The lowest BCUT2D eigenvalue weighted by Crippen LogP contribution is -2.43. The molecule has 0 bridgehead atoms. The van der Waals surface area contributed by atoms with E-state index in [1.165, 1.54) is 16.7 Å². The Hall–Kier alpha value is -1.35. The van der Waals surface area contributed by atoms with Crippen molar-refractivity contribution in [1.29, 1.82) is 0 Å². The summed E-state index contributed by atoms with van der Waals surface area (Å²) in [5.74, 6) is -0.112. The number of rotatable bonds is 12. The molecule has 3 nitrogen and oxygen atoms in total. The van der Waals surface area contributed by atoms with Gasteiger partial charge in [-0.05, 0) is 87.7 Å². The highest BCUT2D eigenvalue weighted by molar-refractivity contribution is 5.69. The van der Waals surface area contributed by atoms with Crippen molar-refractivity contribution in [2.24, 2.45) is 0 Å². The third-order valence-corrected chi connectivity index (χ3v) is 4.76. The third-order valence-electron chi connectivity index (χ3n) is 4.76. The van der Waals surface area contributed by atoms with E-state index in [0.717, 1.165) is 32.1 Å². The number of hydrogen-bond donors (Lipinski definition) is 0. The normalized spacial score (nSPS) is 13.1. The molecule has 0 aliphatic heterocycles. The molecule has 3 heteroatoms. The second-order valence-corrected chi connectivity index (χ2v) is 8.37. The minimum absolute atomic E-state index is 0.112. The summed E-state index contributed by atoms with van der Waals surface area (Å²) in [5.41, 5.74) is 4.07. The molecule has 26 heavy (non-hydrogen) atoms. The summed E-state index contributed by atoms with van der Waals surface area (Å²) >= 11 is 0. The highest BCUT2D eigenvalue weighted by Gasteiger charge is 2.22. The molecule has 0 atom stereocenters. The number of esters is 1. The number of hydrogen-bond acceptors (Lipinski definition) is 3. The Bertz CT molecular complexity index is 506. The molecule has 0 aliphatic carbocycles. The fourth-order valence-electron chi connectivity index (χ4n) is 2.23. The average molecular weight is 364 g/mol. The van der Waals surface area contributed by atoms with Crippen molar-refractivity contribution in [3.63, 3.8) is 0 Å². The standard InChI is InChI=1S/C23H41NO2/c1-19(2)12-9-13-20(3)14-10-15-21(4)16-11-17-22(25)26-18-23(5,6)24(7)8/h12,14,16H,9-11,13,15,17-18H2,1-8H3. The number of likely N-dealkylation sites (N-methyl/N-ethyl adjacent to an activating group) is 1. The zero-order chi connectivity index (χ0) is 20.2. The summed E-state index contributed by atoms with van der Waals surface area (Å²) in [6.45, 7) is 13.2. The quantitative estimate of drug-likeness (QED) is 0.311. The minimum Gasteiger partial charge on any atom is -0.464 e. The van der Waals surface area contributed by atoms with Gasteiger partial charge in [-0.3, -0.25) is 4.79 Å².